The van der Waals surface area contributed by atoms with Crippen LogP contribution in [0.5, 0.6) is 5.75 Å². The average Bonchev–Trinajstić information content (AvgIpc) is 2.84. The van der Waals surface area contributed by atoms with Gasteiger partial charge in [-0.25, -0.2) is 7.92 Å². The molecule has 1 saturated heterocycles. The topological polar surface area (TPSA) is 46.6 Å². The summed E-state index contributed by atoms with van der Waals surface area (Å²) in [7, 11) is -1.01. The van der Waals surface area contributed by atoms with Crippen molar-refractivity contribution in [3.8, 4) is 5.75 Å². The molecule has 0 aliphatic carbocycles. The van der Waals surface area contributed by atoms with Gasteiger partial charge < -0.3 is 4.74 Å². The van der Waals surface area contributed by atoms with Crippen LogP contribution < -0.4 is 8.45 Å². The number of hydrogen-bond acceptors (Lipinski definition) is 4. The number of carbonyl (C=O) groups is 1. The van der Waals surface area contributed by atoms with Crippen LogP contribution in [0.2, 0.25) is 0 Å². The molecule has 2 aromatic rings. The highest BCUT2D eigenvalue weighted by molar-refractivity contribution is 8.12. The van der Waals surface area contributed by atoms with Gasteiger partial charge in [-0.1, -0.05) is 65.8 Å². The Hall–Kier alpha value is -1.79. The summed E-state index contributed by atoms with van der Waals surface area (Å²) in [6.07, 6.45) is 4.10. The van der Waals surface area contributed by atoms with Crippen LogP contribution in [0.4, 0.5) is 5.69 Å². The van der Waals surface area contributed by atoms with E-state index < -0.39 is 16.4 Å². The fourth-order valence-electron chi connectivity index (χ4n) is 4.96. The molecule has 1 aliphatic heterocycles. The van der Waals surface area contributed by atoms with E-state index in [0.29, 0.717) is 5.92 Å². The van der Waals surface area contributed by atoms with Crippen molar-refractivity contribution in [1.29, 1.82) is 0 Å². The van der Waals surface area contributed by atoms with Crippen LogP contribution in [-0.4, -0.2) is 28.1 Å². The van der Waals surface area contributed by atoms with Crippen molar-refractivity contribution in [2.75, 3.05) is 21.8 Å². The predicted molar refractivity (Wildman–Crippen MR) is 160 cm³/mol. The molecule has 1 aliphatic rings. The van der Waals surface area contributed by atoms with Gasteiger partial charge in [-0.2, -0.15) is 0 Å². The van der Waals surface area contributed by atoms with E-state index >= 15 is 0 Å². The molecule has 3 rings (SSSR count). The minimum Gasteiger partial charge on any atom is -0.486 e. The van der Waals surface area contributed by atoms with Crippen molar-refractivity contribution < 1.29 is 13.7 Å². The highest BCUT2D eigenvalue weighted by atomic mass is 32.2. The van der Waals surface area contributed by atoms with E-state index in [4.69, 9.17) is 4.74 Å². The Morgan fingerprint density at radius 3 is 2.22 bits per heavy atom. The van der Waals surface area contributed by atoms with Crippen LogP contribution in [0.15, 0.2) is 36.4 Å². The van der Waals surface area contributed by atoms with E-state index in [9.17, 15) is 9.00 Å². The lowest BCUT2D eigenvalue weighted by molar-refractivity contribution is -0.128. The Labute approximate surface area is 231 Å². The smallest absolute Gasteiger partial charge is 0.175 e. The van der Waals surface area contributed by atoms with Crippen LogP contribution >= 0.6 is 11.9 Å². The zero-order chi connectivity index (χ0) is 27.4. The molecule has 0 aromatic heterocycles. The van der Waals surface area contributed by atoms with E-state index in [0.717, 1.165) is 59.8 Å². The third kappa shape index (κ3) is 6.81. The lowest BCUT2D eigenvalue weighted by Crippen LogP contribution is -2.28. The Kier molecular flexibility index (Phi) is 9.96. The van der Waals surface area contributed by atoms with E-state index in [1.807, 2.05) is 30.5 Å². The molecule has 1 fully saturated rings. The Morgan fingerprint density at radius 1 is 1.03 bits per heavy atom. The second kappa shape index (κ2) is 12.4. The fourth-order valence-corrected chi connectivity index (χ4v) is 8.09. The predicted octanol–water partition coefficient (Wildman–Crippen LogP) is 7.95. The molecule has 2 aromatic carbocycles. The number of carbonyl (C=O) groups excluding carboxylic acids is 1. The third-order valence-corrected chi connectivity index (χ3v) is 10.7. The Bertz CT molecular complexity index is 1120. The van der Waals surface area contributed by atoms with Gasteiger partial charge in [0.2, 0.25) is 0 Å². The van der Waals surface area contributed by atoms with Gasteiger partial charge in [-0.15, -0.1) is 0 Å². The van der Waals surface area contributed by atoms with Crippen molar-refractivity contribution in [2.24, 2.45) is 11.3 Å². The molecule has 6 heteroatoms. The second-order valence-corrected chi connectivity index (χ2v) is 14.2. The number of nitrogens with zero attached hydrogens (tertiary/aromatic N) is 1. The standard InChI is InChI=1S/C31H45NO3S2/c1-9-31(10-2,26-12-14-28(24(5)20-26)35-21-29(33)30(6,7)8)25-11-13-27(23(4)19-25)32-36-17-15-22(3)16-18-37(32)34/h11-14,19-20,22H,9-10,15-18,21H2,1-8H3. The van der Waals surface area contributed by atoms with Gasteiger partial charge in [0.1, 0.15) is 23.3 Å². The molecular weight excluding hydrogens is 498 g/mol. The van der Waals surface area contributed by atoms with Crippen LogP contribution in [0.25, 0.3) is 0 Å². The quantitative estimate of drug-likeness (QED) is 0.317. The van der Waals surface area contributed by atoms with E-state index in [-0.39, 0.29) is 17.8 Å². The lowest BCUT2D eigenvalue weighted by Gasteiger charge is -2.35. The number of hydrogen-bond donors (Lipinski definition) is 0. The number of ether oxygens (including phenoxy) is 1. The van der Waals surface area contributed by atoms with Gasteiger partial charge in [-0.3, -0.25) is 4.79 Å². The average molecular weight is 544 g/mol. The minimum absolute atomic E-state index is 0.0891. The molecule has 0 radical (unpaired) electrons. The maximum Gasteiger partial charge on any atom is 0.175 e. The van der Waals surface area contributed by atoms with Gasteiger partial charge >= 0.3 is 0 Å². The molecule has 204 valence electrons. The Morgan fingerprint density at radius 2 is 1.65 bits per heavy atom. The molecule has 2 atom stereocenters. The summed E-state index contributed by atoms with van der Waals surface area (Å²) in [5.74, 6) is 3.21. The van der Waals surface area contributed by atoms with Gasteiger partial charge in [0, 0.05) is 22.3 Å². The molecule has 0 bridgehead atoms. The first kappa shape index (κ1) is 29.8. The van der Waals surface area contributed by atoms with E-state index in [1.165, 1.54) is 11.1 Å². The number of Topliss-reactive ketones (excluding diaryl/α,β-unsaturated/α-hetero) is 1. The normalized spacial score (nSPS) is 19.3. The van der Waals surface area contributed by atoms with Crippen molar-refractivity contribution in [1.82, 2.24) is 0 Å². The number of anilines is 1. The van der Waals surface area contributed by atoms with Gasteiger partial charge in [0.05, 0.1) is 5.69 Å². The molecule has 2 unspecified atom stereocenters. The summed E-state index contributed by atoms with van der Waals surface area (Å²) >= 11 is 1.70. The van der Waals surface area contributed by atoms with E-state index in [1.54, 1.807) is 11.9 Å². The van der Waals surface area contributed by atoms with Crippen molar-refractivity contribution in [3.63, 3.8) is 0 Å². The maximum absolute atomic E-state index is 13.1. The van der Waals surface area contributed by atoms with Crippen molar-refractivity contribution in [2.45, 2.75) is 86.5 Å². The molecular formula is C31H45NO3S2. The third-order valence-electron chi connectivity index (χ3n) is 7.87. The molecule has 0 spiro atoms. The second-order valence-electron chi connectivity index (χ2n) is 11.5. The number of ketones is 1. The van der Waals surface area contributed by atoms with Crippen LogP contribution in [-0.2, 0) is 21.2 Å². The lowest BCUT2D eigenvalue weighted by atomic mass is 9.70. The SMILES string of the molecule is CCC(CC)(c1ccc(OCC(=O)C(C)(C)C)c(C)c1)c1ccc(N2SCCC(C)CCS2=O)c(C)c1. The largest absolute Gasteiger partial charge is 0.486 e. The monoisotopic (exact) mass is 543 g/mol. The van der Waals surface area contributed by atoms with Gasteiger partial charge in [0.25, 0.3) is 0 Å². The van der Waals surface area contributed by atoms with Gasteiger partial charge in [-0.05, 0) is 91.8 Å². The van der Waals surface area contributed by atoms with Crippen LogP contribution in [0.3, 0.4) is 0 Å². The maximum atomic E-state index is 13.1. The summed E-state index contributed by atoms with van der Waals surface area (Å²) in [5.41, 5.74) is 5.27. The highest BCUT2D eigenvalue weighted by Crippen LogP contribution is 2.42. The number of benzene rings is 2. The summed E-state index contributed by atoms with van der Waals surface area (Å²) in [5, 5.41) is 0. The molecule has 0 amide bonds. The first-order chi connectivity index (χ1) is 17.4. The highest BCUT2D eigenvalue weighted by Gasteiger charge is 2.32. The molecule has 0 saturated carbocycles. The zero-order valence-electron chi connectivity index (χ0n) is 24.0. The number of aryl methyl sites for hydroxylation is 2. The van der Waals surface area contributed by atoms with Crippen LogP contribution in [0.1, 0.15) is 89.5 Å². The first-order valence-corrected chi connectivity index (χ1v) is 15.8. The first-order valence-electron chi connectivity index (χ1n) is 13.6. The van der Waals surface area contributed by atoms with Crippen LogP contribution in [0, 0.1) is 25.2 Å². The zero-order valence-corrected chi connectivity index (χ0v) is 25.6. The summed E-state index contributed by atoms with van der Waals surface area (Å²) in [4.78, 5) is 12.3. The molecule has 4 nitrogen and oxygen atoms in total. The summed E-state index contributed by atoms with van der Waals surface area (Å²) in [6.45, 7) is 16.8. The summed E-state index contributed by atoms with van der Waals surface area (Å²) < 4.78 is 21.0. The Balaban J connectivity index is 1.90. The van der Waals surface area contributed by atoms with Crippen molar-refractivity contribution >= 4 is 34.4 Å². The molecule has 1 heterocycles. The molecule has 37 heavy (non-hydrogen) atoms. The summed E-state index contributed by atoms with van der Waals surface area (Å²) in [6, 6.07) is 13.1. The number of rotatable bonds is 8. The van der Waals surface area contributed by atoms with Gasteiger partial charge in [0.15, 0.2) is 5.78 Å². The van der Waals surface area contributed by atoms with Crippen molar-refractivity contribution in [3.05, 3.63) is 58.7 Å². The van der Waals surface area contributed by atoms with E-state index in [2.05, 4.69) is 65.0 Å². The fraction of sp³-hybridized carbons (Fsp3) is 0.581. The minimum atomic E-state index is -1.01. The molecule has 0 N–H and O–H groups in total.